The molecule has 58 heavy (non-hydrogen) atoms. The highest BCUT2D eigenvalue weighted by Crippen LogP contribution is 2.30. The average Bonchev–Trinajstić information content (AvgIpc) is 3.30. The standard InChI is InChI=1S/C45H40Br2N6O5/c46-35-17-19-39(48-25-35)50-43(56)33-15-7-13-31(21-33)27-52-37(23-29-9-3-1-4-10-29)41(54)42(55)38(24-30-11-5-2-6-12-30)53(45(52)58)28-32-14-8-16-34(22-32)44(57)51-40-20-18-36(47)26-49-40/h1-22,25-26,37-38,41-42,54-55H,23-24,27-28H2,(H,48,50,56)(H,49,51,57)/t37-,38-,41+,42+/m1/s1. The van der Waals surface area contributed by atoms with Crippen LogP contribution in [-0.2, 0) is 25.9 Å². The molecule has 11 nitrogen and oxygen atoms in total. The molecule has 4 atom stereocenters. The molecule has 4 amide bonds. The van der Waals surface area contributed by atoms with Crippen LogP contribution >= 0.6 is 31.9 Å². The van der Waals surface area contributed by atoms with E-state index in [1.165, 1.54) is 0 Å². The number of carbonyl (C=O) groups is 3. The number of rotatable bonds is 12. The number of amides is 4. The molecule has 1 aliphatic rings. The number of hydrogen-bond donors (Lipinski definition) is 4. The van der Waals surface area contributed by atoms with E-state index in [1.54, 1.807) is 82.9 Å². The summed E-state index contributed by atoms with van der Waals surface area (Å²) in [6.45, 7) is 0.0456. The number of nitrogens with one attached hydrogen (secondary N) is 2. The molecule has 6 aromatic rings. The molecule has 0 bridgehead atoms. The normalized spacial score (nSPS) is 18.0. The zero-order valence-electron chi connectivity index (χ0n) is 31.2. The van der Waals surface area contributed by atoms with E-state index in [9.17, 15) is 19.8 Å². The van der Waals surface area contributed by atoms with Gasteiger partial charge in [-0.2, -0.15) is 0 Å². The summed E-state index contributed by atoms with van der Waals surface area (Å²) in [5.41, 5.74) is 3.75. The molecule has 1 fully saturated rings. The van der Waals surface area contributed by atoms with Crippen LogP contribution in [0.3, 0.4) is 0 Å². The third-order valence-electron chi connectivity index (χ3n) is 10.0. The Labute approximate surface area is 353 Å². The van der Waals surface area contributed by atoms with Gasteiger partial charge >= 0.3 is 6.03 Å². The van der Waals surface area contributed by atoms with Crippen molar-refractivity contribution in [1.82, 2.24) is 19.8 Å². The Hall–Kier alpha value is -5.73. The van der Waals surface area contributed by atoms with Gasteiger partial charge in [0.2, 0.25) is 0 Å². The SMILES string of the molecule is O=C(Nc1ccc(Br)cn1)c1cccc(CN2C(=O)N(Cc3cccc(C(=O)Nc4ccc(Br)cn4)c3)[C@H](Cc3ccccc3)[C@H](O)[C@@H](O)[C@H]2Cc2ccccc2)c1. The van der Waals surface area contributed by atoms with Gasteiger partial charge in [-0.15, -0.1) is 0 Å². The van der Waals surface area contributed by atoms with Crippen LogP contribution in [0.15, 0.2) is 155 Å². The number of nitrogens with zero attached hydrogens (tertiary/aromatic N) is 4. The molecule has 0 spiro atoms. The van der Waals surface area contributed by atoms with E-state index >= 15 is 4.79 Å². The van der Waals surface area contributed by atoms with Crippen molar-refractivity contribution < 1.29 is 24.6 Å². The quantitative estimate of drug-likeness (QED) is 0.0977. The monoisotopic (exact) mass is 902 g/mol. The molecule has 7 rings (SSSR count). The highest BCUT2D eigenvalue weighted by Gasteiger charge is 2.46. The van der Waals surface area contributed by atoms with Crippen LogP contribution in [-0.4, -0.2) is 72.1 Å². The Bertz CT molecular complexity index is 2190. The summed E-state index contributed by atoms with van der Waals surface area (Å²) >= 11 is 6.72. The van der Waals surface area contributed by atoms with Crippen LogP contribution < -0.4 is 10.6 Å². The lowest BCUT2D eigenvalue weighted by Gasteiger charge is -2.36. The van der Waals surface area contributed by atoms with Gasteiger partial charge in [-0.25, -0.2) is 14.8 Å². The lowest BCUT2D eigenvalue weighted by molar-refractivity contribution is -0.0408. The van der Waals surface area contributed by atoms with Gasteiger partial charge in [-0.3, -0.25) is 9.59 Å². The van der Waals surface area contributed by atoms with Crippen LogP contribution in [0.5, 0.6) is 0 Å². The summed E-state index contributed by atoms with van der Waals surface area (Å²) in [6, 6.07) is 37.8. The molecular formula is C45H40Br2N6O5. The summed E-state index contributed by atoms with van der Waals surface area (Å²) in [6.07, 6.45) is 0.985. The van der Waals surface area contributed by atoms with Crippen molar-refractivity contribution in [3.05, 3.63) is 188 Å². The molecular weight excluding hydrogens is 864 g/mol. The first-order chi connectivity index (χ1) is 28.1. The van der Waals surface area contributed by atoms with E-state index in [4.69, 9.17) is 0 Å². The Morgan fingerprint density at radius 3 is 1.33 bits per heavy atom. The van der Waals surface area contributed by atoms with Gasteiger partial charge in [0.25, 0.3) is 11.8 Å². The van der Waals surface area contributed by atoms with Gasteiger partial charge < -0.3 is 30.6 Å². The number of benzene rings is 4. The summed E-state index contributed by atoms with van der Waals surface area (Å²) in [5.74, 6) is 0.0139. The highest BCUT2D eigenvalue weighted by atomic mass is 79.9. The minimum absolute atomic E-state index is 0.0228. The van der Waals surface area contributed by atoms with Gasteiger partial charge in [0.1, 0.15) is 23.8 Å². The van der Waals surface area contributed by atoms with Crippen LogP contribution in [0.1, 0.15) is 43.0 Å². The van der Waals surface area contributed by atoms with E-state index in [0.29, 0.717) is 33.9 Å². The second-order valence-electron chi connectivity index (χ2n) is 14.1. The van der Waals surface area contributed by atoms with Gasteiger partial charge in [-0.05, 0) is 115 Å². The van der Waals surface area contributed by atoms with E-state index in [-0.39, 0.29) is 37.7 Å². The minimum Gasteiger partial charge on any atom is -0.388 e. The summed E-state index contributed by atoms with van der Waals surface area (Å²) < 4.78 is 1.55. The van der Waals surface area contributed by atoms with Gasteiger partial charge in [0, 0.05) is 45.6 Å². The van der Waals surface area contributed by atoms with E-state index in [2.05, 4.69) is 52.5 Å². The first-order valence-corrected chi connectivity index (χ1v) is 20.2. The Balaban J connectivity index is 1.24. The van der Waals surface area contributed by atoms with E-state index in [1.807, 2.05) is 72.8 Å². The third kappa shape index (κ3) is 10.0. The van der Waals surface area contributed by atoms with Gasteiger partial charge in [0.15, 0.2) is 0 Å². The van der Waals surface area contributed by atoms with Crippen LogP contribution in [0.4, 0.5) is 16.4 Å². The molecule has 13 heteroatoms. The van der Waals surface area contributed by atoms with Crippen molar-refractivity contribution >= 4 is 61.3 Å². The predicted octanol–water partition coefficient (Wildman–Crippen LogP) is 7.89. The van der Waals surface area contributed by atoms with Crippen molar-refractivity contribution in [2.75, 3.05) is 10.6 Å². The third-order valence-corrected chi connectivity index (χ3v) is 11.0. The largest absolute Gasteiger partial charge is 0.388 e. The molecule has 1 aliphatic heterocycles. The molecule has 0 unspecified atom stereocenters. The molecule has 2 aromatic heterocycles. The van der Waals surface area contributed by atoms with Crippen molar-refractivity contribution in [3.8, 4) is 0 Å². The number of carbonyl (C=O) groups excluding carboxylic acids is 3. The maximum absolute atomic E-state index is 15.3. The second kappa shape index (κ2) is 18.7. The fourth-order valence-electron chi connectivity index (χ4n) is 7.11. The highest BCUT2D eigenvalue weighted by molar-refractivity contribution is 9.10. The number of aliphatic hydroxyl groups excluding tert-OH is 2. The van der Waals surface area contributed by atoms with Crippen LogP contribution in [0, 0.1) is 0 Å². The Kier molecular flexibility index (Phi) is 13.0. The Morgan fingerprint density at radius 1 is 0.552 bits per heavy atom. The molecule has 0 saturated carbocycles. The molecule has 1 saturated heterocycles. The molecule has 0 aliphatic carbocycles. The predicted molar refractivity (Wildman–Crippen MR) is 229 cm³/mol. The Morgan fingerprint density at radius 2 is 0.948 bits per heavy atom. The number of pyridine rings is 2. The zero-order chi connectivity index (χ0) is 40.6. The lowest BCUT2D eigenvalue weighted by Crippen LogP contribution is -2.50. The molecule has 0 radical (unpaired) electrons. The van der Waals surface area contributed by atoms with Gasteiger partial charge in [0.05, 0.1) is 12.1 Å². The maximum atomic E-state index is 15.3. The fraction of sp³-hybridized carbons (Fsp3) is 0.178. The van der Waals surface area contributed by atoms with Gasteiger partial charge in [-0.1, -0.05) is 84.9 Å². The molecule has 4 N–H and O–H groups in total. The van der Waals surface area contributed by atoms with Crippen molar-refractivity contribution in [2.24, 2.45) is 0 Å². The van der Waals surface area contributed by atoms with E-state index < -0.39 is 30.3 Å². The first kappa shape index (κ1) is 40.5. The van der Waals surface area contributed by atoms with Crippen molar-refractivity contribution in [1.29, 1.82) is 0 Å². The van der Waals surface area contributed by atoms with Crippen molar-refractivity contribution in [3.63, 3.8) is 0 Å². The summed E-state index contributed by atoms with van der Waals surface area (Å²) in [4.78, 5) is 53.7. The molecule has 4 aromatic carbocycles. The average molecular weight is 905 g/mol. The number of anilines is 2. The van der Waals surface area contributed by atoms with Crippen LogP contribution in [0.25, 0.3) is 0 Å². The van der Waals surface area contributed by atoms with E-state index in [0.717, 1.165) is 20.1 Å². The number of urea groups is 1. The second-order valence-corrected chi connectivity index (χ2v) is 15.9. The molecule has 294 valence electrons. The maximum Gasteiger partial charge on any atom is 0.321 e. The first-order valence-electron chi connectivity index (χ1n) is 18.7. The van der Waals surface area contributed by atoms with Crippen LogP contribution in [0.2, 0.25) is 0 Å². The molecule has 3 heterocycles. The lowest BCUT2D eigenvalue weighted by atomic mass is 9.90. The fourth-order valence-corrected chi connectivity index (χ4v) is 7.58. The smallest absolute Gasteiger partial charge is 0.321 e. The topological polar surface area (TPSA) is 148 Å². The zero-order valence-corrected chi connectivity index (χ0v) is 34.3. The minimum atomic E-state index is -1.35. The number of halogens is 2. The number of aromatic nitrogens is 2. The van der Waals surface area contributed by atoms with Crippen molar-refractivity contribution in [2.45, 2.75) is 50.2 Å². The number of aliphatic hydroxyl groups is 2. The number of hydrogen-bond acceptors (Lipinski definition) is 7. The summed E-state index contributed by atoms with van der Waals surface area (Å²) in [7, 11) is 0. The summed E-state index contributed by atoms with van der Waals surface area (Å²) in [5, 5.41) is 30.0.